The number of nitrogens with zero attached hydrogens (tertiary/aromatic N) is 1. The number of β-amino-alcohol motifs (C(OH)–C–C–N with tert-alkyl or cyclic N) is 1. The molecule has 1 atom stereocenters. The second-order valence-corrected chi connectivity index (χ2v) is 4.71. The summed E-state index contributed by atoms with van der Waals surface area (Å²) < 4.78 is 0. The smallest absolute Gasteiger partial charge is 0.0679 e. The zero-order chi connectivity index (χ0) is 9.10. The summed E-state index contributed by atoms with van der Waals surface area (Å²) in [5.74, 6) is 0.930. The van der Waals surface area contributed by atoms with Gasteiger partial charge in [0.05, 0.1) is 6.10 Å². The van der Waals surface area contributed by atoms with E-state index in [1.165, 1.54) is 38.6 Å². The van der Waals surface area contributed by atoms with Crippen LogP contribution >= 0.6 is 0 Å². The number of rotatable bonds is 2. The van der Waals surface area contributed by atoms with Crippen LogP contribution in [0.1, 0.15) is 38.5 Å². The maximum Gasteiger partial charge on any atom is 0.0679 e. The molecule has 1 heterocycles. The third-order valence-electron chi connectivity index (χ3n) is 3.49. The van der Waals surface area contributed by atoms with Crippen molar-refractivity contribution in [3.8, 4) is 0 Å². The molecule has 2 rings (SSSR count). The summed E-state index contributed by atoms with van der Waals surface area (Å²) in [5, 5.41) is 9.39. The molecular formula is C11H21NO. The minimum Gasteiger partial charge on any atom is -0.392 e. The fourth-order valence-corrected chi connectivity index (χ4v) is 2.71. The lowest BCUT2D eigenvalue weighted by Crippen LogP contribution is -2.29. The van der Waals surface area contributed by atoms with Gasteiger partial charge < -0.3 is 10.0 Å². The summed E-state index contributed by atoms with van der Waals surface area (Å²) in [6.07, 6.45) is 8.11. The van der Waals surface area contributed by atoms with Crippen LogP contribution in [0.15, 0.2) is 0 Å². The molecule has 0 spiro atoms. The minimum absolute atomic E-state index is 0.0383. The van der Waals surface area contributed by atoms with Gasteiger partial charge in [0.1, 0.15) is 0 Å². The van der Waals surface area contributed by atoms with Crippen LogP contribution in [0.5, 0.6) is 0 Å². The van der Waals surface area contributed by atoms with Crippen molar-refractivity contribution in [2.24, 2.45) is 5.92 Å². The second-order valence-electron chi connectivity index (χ2n) is 4.71. The Bertz CT molecular complexity index is 151. The van der Waals surface area contributed by atoms with E-state index in [4.69, 9.17) is 0 Å². The summed E-state index contributed by atoms with van der Waals surface area (Å²) in [4.78, 5) is 2.45. The van der Waals surface area contributed by atoms with Crippen LogP contribution < -0.4 is 0 Å². The average Bonchev–Trinajstić information content (AvgIpc) is 2.53. The molecule has 1 saturated carbocycles. The van der Waals surface area contributed by atoms with E-state index in [0.717, 1.165) is 25.4 Å². The Kier molecular flexibility index (Phi) is 3.23. The first-order chi connectivity index (χ1) is 6.34. The molecule has 2 fully saturated rings. The van der Waals surface area contributed by atoms with Crippen molar-refractivity contribution in [2.45, 2.75) is 44.6 Å². The Balaban J connectivity index is 1.71. The van der Waals surface area contributed by atoms with E-state index in [0.29, 0.717) is 0 Å². The van der Waals surface area contributed by atoms with Crippen LogP contribution in [0.3, 0.4) is 0 Å². The lowest BCUT2D eigenvalue weighted by atomic mass is 9.89. The largest absolute Gasteiger partial charge is 0.392 e. The van der Waals surface area contributed by atoms with Gasteiger partial charge in [-0.2, -0.15) is 0 Å². The van der Waals surface area contributed by atoms with Crippen molar-refractivity contribution in [3.63, 3.8) is 0 Å². The number of aliphatic hydroxyl groups is 1. The van der Waals surface area contributed by atoms with Crippen LogP contribution in [-0.2, 0) is 0 Å². The zero-order valence-electron chi connectivity index (χ0n) is 8.41. The summed E-state index contributed by atoms with van der Waals surface area (Å²) in [6.45, 7) is 3.30. The summed E-state index contributed by atoms with van der Waals surface area (Å²) >= 11 is 0. The predicted molar refractivity (Wildman–Crippen MR) is 53.6 cm³/mol. The van der Waals surface area contributed by atoms with Crippen molar-refractivity contribution in [1.82, 2.24) is 4.90 Å². The molecule has 0 amide bonds. The Morgan fingerprint density at radius 3 is 2.46 bits per heavy atom. The van der Waals surface area contributed by atoms with Gasteiger partial charge in [-0.1, -0.05) is 19.3 Å². The Hall–Kier alpha value is -0.0800. The summed E-state index contributed by atoms with van der Waals surface area (Å²) in [7, 11) is 0. The second kappa shape index (κ2) is 4.43. The van der Waals surface area contributed by atoms with Crippen LogP contribution in [0.25, 0.3) is 0 Å². The quantitative estimate of drug-likeness (QED) is 0.703. The first-order valence-electron chi connectivity index (χ1n) is 5.75. The van der Waals surface area contributed by atoms with Gasteiger partial charge in [-0.15, -0.1) is 0 Å². The maximum atomic E-state index is 9.39. The standard InChI is InChI=1S/C11H21NO/c13-11-6-7-12(9-11)8-10-4-2-1-3-5-10/h10-11,13H,1-9H2. The van der Waals surface area contributed by atoms with Crippen molar-refractivity contribution in [1.29, 1.82) is 0 Å². The SMILES string of the molecule is OC1CCN(CC2CCCCC2)C1. The molecule has 1 unspecified atom stereocenters. The van der Waals surface area contributed by atoms with Crippen LogP contribution in [0.2, 0.25) is 0 Å². The molecule has 2 heteroatoms. The molecule has 1 aliphatic carbocycles. The van der Waals surface area contributed by atoms with E-state index in [1.54, 1.807) is 0 Å². The fraction of sp³-hybridized carbons (Fsp3) is 1.00. The van der Waals surface area contributed by atoms with Crippen LogP contribution in [0, 0.1) is 5.92 Å². The normalized spacial score (nSPS) is 32.5. The van der Waals surface area contributed by atoms with E-state index in [-0.39, 0.29) is 6.10 Å². The highest BCUT2D eigenvalue weighted by Gasteiger charge is 2.23. The van der Waals surface area contributed by atoms with Gasteiger partial charge in [-0.25, -0.2) is 0 Å². The molecule has 76 valence electrons. The van der Waals surface area contributed by atoms with Crippen LogP contribution in [0.4, 0.5) is 0 Å². The zero-order valence-corrected chi connectivity index (χ0v) is 8.41. The molecule has 0 aromatic carbocycles. The van der Waals surface area contributed by atoms with Gasteiger partial charge in [-0.05, 0) is 25.2 Å². The van der Waals surface area contributed by atoms with Crippen molar-refractivity contribution >= 4 is 0 Å². The number of hydrogen-bond acceptors (Lipinski definition) is 2. The molecule has 1 aliphatic heterocycles. The lowest BCUT2D eigenvalue weighted by molar-refractivity contribution is 0.164. The summed E-state index contributed by atoms with van der Waals surface area (Å²) in [5.41, 5.74) is 0. The molecule has 1 saturated heterocycles. The predicted octanol–water partition coefficient (Wildman–Crippen LogP) is 1.63. The third kappa shape index (κ3) is 2.68. The number of hydrogen-bond donors (Lipinski definition) is 1. The molecule has 0 bridgehead atoms. The van der Waals surface area contributed by atoms with Gasteiger partial charge in [0.15, 0.2) is 0 Å². The van der Waals surface area contributed by atoms with Crippen molar-refractivity contribution in [2.75, 3.05) is 19.6 Å². The van der Waals surface area contributed by atoms with E-state index in [9.17, 15) is 5.11 Å². The maximum absolute atomic E-state index is 9.39. The molecule has 0 aromatic rings. The number of aliphatic hydroxyl groups excluding tert-OH is 1. The Labute approximate surface area is 80.9 Å². The van der Waals surface area contributed by atoms with Gasteiger partial charge in [-0.3, -0.25) is 0 Å². The fourth-order valence-electron chi connectivity index (χ4n) is 2.71. The lowest BCUT2D eigenvalue weighted by Gasteiger charge is -2.26. The van der Waals surface area contributed by atoms with Gasteiger partial charge >= 0.3 is 0 Å². The van der Waals surface area contributed by atoms with Gasteiger partial charge in [0.2, 0.25) is 0 Å². The Morgan fingerprint density at radius 1 is 1.08 bits per heavy atom. The van der Waals surface area contributed by atoms with E-state index in [1.807, 2.05) is 0 Å². The van der Waals surface area contributed by atoms with E-state index < -0.39 is 0 Å². The molecular weight excluding hydrogens is 162 g/mol. The Morgan fingerprint density at radius 2 is 1.85 bits per heavy atom. The van der Waals surface area contributed by atoms with Crippen molar-refractivity contribution in [3.05, 3.63) is 0 Å². The highest BCUT2D eigenvalue weighted by Crippen LogP contribution is 2.25. The van der Waals surface area contributed by atoms with Crippen LogP contribution in [-0.4, -0.2) is 35.7 Å². The molecule has 13 heavy (non-hydrogen) atoms. The third-order valence-corrected chi connectivity index (χ3v) is 3.49. The topological polar surface area (TPSA) is 23.5 Å². The number of likely N-dealkylation sites (tertiary alicyclic amines) is 1. The monoisotopic (exact) mass is 183 g/mol. The first-order valence-corrected chi connectivity index (χ1v) is 5.75. The molecule has 0 aromatic heterocycles. The highest BCUT2D eigenvalue weighted by molar-refractivity contribution is 4.77. The summed E-state index contributed by atoms with van der Waals surface area (Å²) in [6, 6.07) is 0. The molecule has 2 nitrogen and oxygen atoms in total. The van der Waals surface area contributed by atoms with E-state index >= 15 is 0 Å². The minimum atomic E-state index is -0.0383. The van der Waals surface area contributed by atoms with Gasteiger partial charge in [0.25, 0.3) is 0 Å². The molecule has 2 aliphatic rings. The molecule has 0 radical (unpaired) electrons. The average molecular weight is 183 g/mol. The highest BCUT2D eigenvalue weighted by atomic mass is 16.3. The molecule has 1 N–H and O–H groups in total. The van der Waals surface area contributed by atoms with Crippen molar-refractivity contribution < 1.29 is 5.11 Å². The first kappa shape index (κ1) is 9.47. The van der Waals surface area contributed by atoms with Gasteiger partial charge in [0, 0.05) is 19.6 Å². The van der Waals surface area contributed by atoms with E-state index in [2.05, 4.69) is 4.90 Å².